The van der Waals surface area contributed by atoms with E-state index in [1.54, 1.807) is 37.9 Å². The van der Waals surface area contributed by atoms with Crippen molar-refractivity contribution in [3.05, 3.63) is 71.3 Å². The van der Waals surface area contributed by atoms with Gasteiger partial charge in [0.15, 0.2) is 22.9 Å². The third-order valence-corrected chi connectivity index (χ3v) is 12.9. The van der Waals surface area contributed by atoms with Crippen molar-refractivity contribution in [3.8, 4) is 35.0 Å². The zero-order chi connectivity index (χ0) is 53.6. The predicted molar refractivity (Wildman–Crippen MR) is 286 cm³/mol. The normalized spacial score (nSPS) is 15.2. The van der Waals surface area contributed by atoms with Crippen LogP contribution in [0.15, 0.2) is 48.8 Å². The van der Waals surface area contributed by atoms with Crippen LogP contribution < -0.4 is 44.4 Å². The number of nitrogens with two attached hydrogens (primary N) is 1. The van der Waals surface area contributed by atoms with Crippen LogP contribution in [0.1, 0.15) is 96.7 Å². The average molecular weight is 1040 g/mol. The summed E-state index contributed by atoms with van der Waals surface area (Å²) in [7, 11) is 6.55. The number of nitrogens with one attached hydrogen (secondary N) is 1. The zero-order valence-electron chi connectivity index (χ0n) is 45.8. The summed E-state index contributed by atoms with van der Waals surface area (Å²) in [5, 5.41) is 12.7. The molecule has 4 aromatic heterocycles. The van der Waals surface area contributed by atoms with Crippen molar-refractivity contribution in [2.24, 2.45) is 0 Å². The Labute approximate surface area is 440 Å². The molecule has 2 aliphatic rings. The topological polar surface area (TPSA) is 219 Å². The third kappa shape index (κ3) is 14.9. The summed E-state index contributed by atoms with van der Waals surface area (Å²) in [4.78, 5) is 39.7. The fourth-order valence-corrected chi connectivity index (χ4v) is 8.96. The first-order valence-electron chi connectivity index (χ1n) is 26.0. The molecule has 2 aromatic carbocycles. The number of carbonyl (C=O) groups is 1. The molecule has 22 nitrogen and oxygen atoms in total. The summed E-state index contributed by atoms with van der Waals surface area (Å²) in [5.74, 6) is 3.69. The van der Waals surface area contributed by atoms with Crippen LogP contribution >= 0.6 is 0 Å². The fraction of sp³-hybridized carbons (Fsp3) is 0.566. The lowest BCUT2D eigenvalue weighted by atomic mass is 10.1. The Bertz CT molecular complexity index is 2730. The van der Waals surface area contributed by atoms with Crippen molar-refractivity contribution >= 4 is 29.0 Å². The second-order valence-electron chi connectivity index (χ2n) is 19.9. The van der Waals surface area contributed by atoms with Crippen molar-refractivity contribution in [1.29, 1.82) is 0 Å². The molecule has 22 heteroatoms. The molecule has 2 unspecified atom stereocenters. The quantitative estimate of drug-likeness (QED) is 0.0769. The van der Waals surface area contributed by atoms with Crippen molar-refractivity contribution in [2.45, 2.75) is 118 Å². The first kappa shape index (κ1) is 55.8. The number of methoxy groups -OCH3 is 4. The van der Waals surface area contributed by atoms with E-state index in [0.717, 1.165) is 80.9 Å². The summed E-state index contributed by atoms with van der Waals surface area (Å²) in [5.41, 5.74) is 10.4. The second kappa shape index (κ2) is 26.0. The molecule has 0 saturated carbocycles. The van der Waals surface area contributed by atoms with E-state index in [2.05, 4.69) is 48.9 Å². The maximum atomic E-state index is 12.7. The number of aromatic nitrogens is 8. The summed E-state index contributed by atoms with van der Waals surface area (Å²) in [6.07, 6.45) is 7.17. The summed E-state index contributed by atoms with van der Waals surface area (Å²) in [6.45, 7) is 22.7. The minimum absolute atomic E-state index is 0.0667. The molecule has 408 valence electrons. The summed E-state index contributed by atoms with van der Waals surface area (Å²) in [6, 6.07) is 12.1. The molecular weight excluding hydrogens is 961 g/mol. The van der Waals surface area contributed by atoms with Gasteiger partial charge in [0.1, 0.15) is 28.6 Å². The van der Waals surface area contributed by atoms with Gasteiger partial charge < -0.3 is 54.0 Å². The monoisotopic (exact) mass is 1040 g/mol. The molecule has 75 heavy (non-hydrogen) atoms. The number of hydrogen-bond acceptors (Lipinski definition) is 19. The number of ether oxygens (including phenoxy) is 7. The van der Waals surface area contributed by atoms with Gasteiger partial charge in [-0.05, 0) is 71.7 Å². The number of fused-ring (bicyclic) bond motifs is 2. The lowest BCUT2D eigenvalue weighted by Gasteiger charge is -2.35. The average Bonchev–Trinajstić information content (AvgIpc) is 4.00. The van der Waals surface area contributed by atoms with Crippen LogP contribution in [0.4, 0.5) is 16.4 Å². The van der Waals surface area contributed by atoms with Gasteiger partial charge in [-0.25, -0.2) is 23.8 Å². The van der Waals surface area contributed by atoms with Crippen LogP contribution in [0, 0.1) is 0 Å². The number of piperazine rings is 2. The molecule has 0 radical (unpaired) electrons. The van der Waals surface area contributed by atoms with Crippen molar-refractivity contribution < 1.29 is 38.0 Å². The standard InChI is InChI=1S/C38H53N7O7.C15H25N7O/c1-10-11-26(2)51-36-40-35(34-39-22-29(45(34)41-36)25-42-16-18-43(19-17-42)37(46)52-38(3,4)5)44(23-27-12-14-30(47-6)20-32(27)49-8)24-28-13-15-31(48-7)21-33(28)50-9;1-3-4-11(2)23-15-19-13(16)14-18-9-12(22(14)20-15)10-21-7-5-17-6-8-21/h12-15,20-22,26H,10-11,16-19,23-25H2,1-9H3;9,11,17H,3-8,10H2,1-2H3,(H2,16,19,20). The third-order valence-electron chi connectivity index (χ3n) is 12.9. The number of imidazole rings is 2. The van der Waals surface area contributed by atoms with Crippen molar-refractivity contribution in [1.82, 2.24) is 59.2 Å². The van der Waals surface area contributed by atoms with Crippen LogP contribution in [-0.4, -0.2) is 159 Å². The molecule has 1 amide bonds. The number of amides is 1. The highest BCUT2D eigenvalue weighted by Gasteiger charge is 2.28. The maximum Gasteiger partial charge on any atom is 0.410 e. The highest BCUT2D eigenvalue weighted by molar-refractivity contribution is 5.68. The van der Waals surface area contributed by atoms with E-state index in [4.69, 9.17) is 54.0 Å². The van der Waals surface area contributed by atoms with Crippen LogP contribution in [0.5, 0.6) is 35.0 Å². The Balaban J connectivity index is 0.000000295. The maximum absolute atomic E-state index is 12.7. The van der Waals surface area contributed by atoms with Crippen LogP contribution in [0.3, 0.4) is 0 Å². The van der Waals surface area contributed by atoms with Gasteiger partial charge >= 0.3 is 18.1 Å². The minimum atomic E-state index is -0.540. The molecule has 0 aliphatic carbocycles. The SMILES string of the molecule is CCCC(C)Oc1nc(N(Cc2ccc(OC)cc2OC)Cc2ccc(OC)cc2OC)c2ncc(CN3CCN(C(=O)OC(C)(C)C)CC3)n2n1.CCCC(C)Oc1nc(N)c2ncc(CN3CCNCC3)n2n1. The minimum Gasteiger partial charge on any atom is -0.497 e. The number of anilines is 2. The van der Waals surface area contributed by atoms with Crippen molar-refractivity contribution in [2.75, 3.05) is 91.4 Å². The zero-order valence-corrected chi connectivity index (χ0v) is 45.8. The Morgan fingerprint density at radius 1 is 0.693 bits per heavy atom. The van der Waals surface area contributed by atoms with Gasteiger partial charge in [0.05, 0.1) is 64.4 Å². The van der Waals surface area contributed by atoms with Gasteiger partial charge in [0, 0.05) is 102 Å². The molecule has 2 saturated heterocycles. The first-order chi connectivity index (χ1) is 36.1. The van der Waals surface area contributed by atoms with Gasteiger partial charge in [0.2, 0.25) is 0 Å². The summed E-state index contributed by atoms with van der Waals surface area (Å²) < 4.78 is 43.9. The molecular formula is C53H78N14O8. The lowest BCUT2D eigenvalue weighted by molar-refractivity contribution is 0.0137. The number of nitrogen functional groups attached to an aromatic ring is 1. The Hall–Kier alpha value is -6.91. The number of nitrogens with zero attached hydrogens (tertiary/aromatic N) is 12. The van der Waals surface area contributed by atoms with Crippen LogP contribution in [0.2, 0.25) is 0 Å². The largest absolute Gasteiger partial charge is 0.497 e. The van der Waals surface area contributed by atoms with Gasteiger partial charge in [-0.3, -0.25) is 9.80 Å². The van der Waals surface area contributed by atoms with E-state index >= 15 is 0 Å². The molecule has 3 N–H and O–H groups in total. The number of benzene rings is 2. The molecule has 8 rings (SSSR count). The molecule has 2 fully saturated rings. The van der Waals surface area contributed by atoms with Gasteiger partial charge in [-0.1, -0.05) is 26.7 Å². The van der Waals surface area contributed by atoms with E-state index in [-0.39, 0.29) is 24.3 Å². The molecule has 6 aromatic rings. The smallest absolute Gasteiger partial charge is 0.410 e. The van der Waals surface area contributed by atoms with E-state index < -0.39 is 5.60 Å². The van der Waals surface area contributed by atoms with E-state index in [1.165, 1.54) is 0 Å². The molecule has 0 bridgehead atoms. The van der Waals surface area contributed by atoms with E-state index in [9.17, 15) is 4.79 Å². The molecule has 6 heterocycles. The highest BCUT2D eigenvalue weighted by Crippen LogP contribution is 2.33. The number of carbonyl (C=O) groups excluding carboxylic acids is 1. The van der Waals surface area contributed by atoms with Crippen LogP contribution in [0.25, 0.3) is 11.3 Å². The number of hydrogen-bond donors (Lipinski definition) is 2. The number of rotatable bonds is 21. The van der Waals surface area contributed by atoms with Crippen LogP contribution in [-0.2, 0) is 30.9 Å². The van der Waals surface area contributed by atoms with E-state index in [0.29, 0.717) is 97.8 Å². The van der Waals surface area contributed by atoms with Crippen molar-refractivity contribution in [3.63, 3.8) is 0 Å². The van der Waals surface area contributed by atoms with E-state index in [1.807, 2.05) is 87.9 Å². The van der Waals surface area contributed by atoms with Gasteiger partial charge in [-0.15, -0.1) is 10.2 Å². The first-order valence-corrected chi connectivity index (χ1v) is 26.0. The molecule has 0 spiro atoms. The Morgan fingerprint density at radius 2 is 1.19 bits per heavy atom. The molecule has 2 aliphatic heterocycles. The second-order valence-corrected chi connectivity index (χ2v) is 19.9. The Morgan fingerprint density at radius 3 is 1.68 bits per heavy atom. The van der Waals surface area contributed by atoms with Gasteiger partial charge in [0.25, 0.3) is 0 Å². The fourth-order valence-electron chi connectivity index (χ4n) is 8.96. The van der Waals surface area contributed by atoms with Gasteiger partial charge in [-0.2, -0.15) is 9.97 Å². The Kier molecular flexibility index (Phi) is 19.4. The lowest BCUT2D eigenvalue weighted by Crippen LogP contribution is -2.49. The molecule has 2 atom stereocenters. The highest BCUT2D eigenvalue weighted by atomic mass is 16.6. The predicted octanol–water partition coefficient (Wildman–Crippen LogP) is 6.66. The summed E-state index contributed by atoms with van der Waals surface area (Å²) >= 11 is 0.